The second-order valence-corrected chi connectivity index (χ2v) is 16.9. The van der Waals surface area contributed by atoms with Crippen LogP contribution in [0.3, 0.4) is 0 Å². The molecule has 6 rings (SSSR count). The maximum atomic E-state index is 13.9. The van der Waals surface area contributed by atoms with Crippen LogP contribution in [0.25, 0.3) is 0 Å². The zero-order valence-corrected chi connectivity index (χ0v) is 32.9. The van der Waals surface area contributed by atoms with E-state index in [0.717, 1.165) is 57.8 Å². The van der Waals surface area contributed by atoms with Gasteiger partial charge < -0.3 is 31.0 Å². The van der Waals surface area contributed by atoms with Crippen molar-refractivity contribution in [1.82, 2.24) is 20.9 Å². The Bertz CT molecular complexity index is 1470. The summed E-state index contributed by atoms with van der Waals surface area (Å²) in [4.78, 5) is 57.5. The molecule has 3 aliphatic carbocycles. The number of amides is 4. The van der Waals surface area contributed by atoms with Crippen molar-refractivity contribution in [1.29, 1.82) is 0 Å². The van der Waals surface area contributed by atoms with Crippen LogP contribution in [0.15, 0.2) is 29.3 Å². The number of rotatable bonds is 20. The van der Waals surface area contributed by atoms with E-state index in [-0.39, 0.29) is 46.7 Å². The van der Waals surface area contributed by atoms with Gasteiger partial charge in [0, 0.05) is 26.6 Å². The lowest BCUT2D eigenvalue weighted by Gasteiger charge is -2.64. The molecule has 2 aliphatic heterocycles. The average Bonchev–Trinajstić information content (AvgIpc) is 3.60. The maximum Gasteiger partial charge on any atom is 0.481 e. The summed E-state index contributed by atoms with van der Waals surface area (Å²) in [5, 5.41) is 9.31. The Hall–Kier alpha value is -3.45. The molecular formula is C40H63BN6O6. The molecule has 292 valence electrons. The topological polar surface area (TPSA) is 164 Å². The molecule has 6 atom stereocenters. The molecule has 1 saturated heterocycles. The predicted octanol–water partition coefficient (Wildman–Crippen LogP) is 5.00. The highest BCUT2D eigenvalue weighted by molar-refractivity contribution is 6.48. The first-order valence-electron chi connectivity index (χ1n) is 20.1. The van der Waals surface area contributed by atoms with Gasteiger partial charge in [-0.25, -0.2) is 0 Å². The maximum absolute atomic E-state index is 13.9. The molecule has 0 aromatic heterocycles. The third-order valence-electron chi connectivity index (χ3n) is 12.4. The number of imide groups is 1. The third kappa shape index (κ3) is 9.45. The fourth-order valence-electron chi connectivity index (χ4n) is 9.12. The van der Waals surface area contributed by atoms with Crippen LogP contribution in [0.4, 0.5) is 0 Å². The van der Waals surface area contributed by atoms with Crippen molar-refractivity contribution in [3.05, 3.63) is 35.4 Å². The van der Waals surface area contributed by atoms with Gasteiger partial charge in [-0.3, -0.25) is 29.1 Å². The normalized spacial score (nSPS) is 25.5. The second kappa shape index (κ2) is 17.8. The van der Waals surface area contributed by atoms with Crippen molar-refractivity contribution in [3.63, 3.8) is 0 Å². The molecule has 13 heteroatoms. The molecule has 53 heavy (non-hydrogen) atoms. The summed E-state index contributed by atoms with van der Waals surface area (Å²) >= 11 is 0. The summed E-state index contributed by atoms with van der Waals surface area (Å²) in [5.41, 5.74) is 6.64. The summed E-state index contributed by atoms with van der Waals surface area (Å²) in [7, 11) is 1.08. The largest absolute Gasteiger partial charge is 0.481 e. The molecule has 0 unspecified atom stereocenters. The molecule has 1 aromatic rings. The van der Waals surface area contributed by atoms with Crippen LogP contribution in [-0.4, -0.2) is 85.4 Å². The molecule has 2 bridgehead atoms. The molecule has 1 aromatic carbocycles. The third-order valence-corrected chi connectivity index (χ3v) is 12.4. The lowest BCUT2D eigenvalue weighted by Crippen LogP contribution is -2.65. The molecule has 12 nitrogen and oxygen atoms in total. The highest BCUT2D eigenvalue weighted by atomic mass is 16.7. The van der Waals surface area contributed by atoms with Crippen LogP contribution in [-0.2, 0) is 18.9 Å². The Labute approximate surface area is 316 Å². The fraction of sp³-hybridized carbons (Fsp3) is 0.725. The van der Waals surface area contributed by atoms with Gasteiger partial charge in [-0.1, -0.05) is 71.9 Å². The average molecular weight is 735 g/mol. The number of hydrogen-bond acceptors (Lipinski definition) is 7. The summed E-state index contributed by atoms with van der Waals surface area (Å²) in [6.07, 6.45) is 10.6. The zero-order chi connectivity index (χ0) is 38.3. The van der Waals surface area contributed by atoms with E-state index in [1.54, 1.807) is 31.3 Å². The Morgan fingerprint density at radius 1 is 0.962 bits per heavy atom. The minimum absolute atomic E-state index is 0.0212. The Kier molecular flexibility index (Phi) is 13.7. The van der Waals surface area contributed by atoms with Crippen LogP contribution in [0.5, 0.6) is 0 Å². The first kappa shape index (κ1) is 40.7. The monoisotopic (exact) mass is 734 g/mol. The number of carbonyl (C=O) groups is 4. The van der Waals surface area contributed by atoms with E-state index in [2.05, 4.69) is 55.6 Å². The summed E-state index contributed by atoms with van der Waals surface area (Å²) in [6.45, 7) is 12.1. The predicted molar refractivity (Wildman–Crippen MR) is 207 cm³/mol. The highest BCUT2D eigenvalue weighted by Gasteiger charge is 2.68. The van der Waals surface area contributed by atoms with Crippen molar-refractivity contribution < 1.29 is 28.5 Å². The number of nitrogens with two attached hydrogens (primary N) is 1. The molecule has 4 fully saturated rings. The van der Waals surface area contributed by atoms with Crippen molar-refractivity contribution in [2.45, 2.75) is 142 Å². The number of carbonyl (C=O) groups excluding carboxylic acids is 4. The standard InChI is InChI=1S/C40H63BN6O6/c1-26(2)23-33(41-52-32-25-27-24-31(39(27,3)4)40(32,5)53-41)46-35(49)30(19-16-21-44-38(42)43-6)45-34(48)20-12-10-8-7-9-11-15-22-47-36(50)28-17-13-14-18-29(28)37(47)51/h13-14,17-18,26-27,30-33H,7-12,15-16,19-25H2,1-6H3,(H,45,48)(H,46,49)(H3,42,43,44)/t27-,30-,31-,32+,33-,40-/m0/s1. The van der Waals surface area contributed by atoms with Crippen LogP contribution in [0.1, 0.15) is 139 Å². The van der Waals surface area contributed by atoms with Crippen LogP contribution in [0.2, 0.25) is 0 Å². The van der Waals surface area contributed by atoms with E-state index in [0.29, 0.717) is 73.6 Å². The molecule has 5 aliphatic rings. The number of fused-ring (bicyclic) bond motifs is 1. The van der Waals surface area contributed by atoms with Crippen molar-refractivity contribution in [2.24, 2.45) is 33.9 Å². The van der Waals surface area contributed by atoms with Crippen LogP contribution >= 0.6 is 0 Å². The van der Waals surface area contributed by atoms with E-state index in [9.17, 15) is 19.2 Å². The SMILES string of the molecule is CN=C(N)NCCC[C@H](NC(=O)CCCCCCCCCN1C(=O)c2ccccc2C1=O)C(=O)N[C@@H](CC(C)C)B1O[C@@H]2C[C@@H]3C[C@@H](C3(C)C)[C@]2(C)O1. The number of guanidine groups is 1. The molecule has 5 N–H and O–H groups in total. The van der Waals surface area contributed by atoms with Crippen molar-refractivity contribution in [2.75, 3.05) is 20.1 Å². The lowest BCUT2D eigenvalue weighted by atomic mass is 9.43. The van der Waals surface area contributed by atoms with Gasteiger partial charge in [0.25, 0.3) is 11.8 Å². The van der Waals surface area contributed by atoms with Crippen LogP contribution < -0.4 is 21.7 Å². The first-order valence-corrected chi connectivity index (χ1v) is 20.1. The minimum atomic E-state index is -0.702. The fourth-order valence-corrected chi connectivity index (χ4v) is 9.12. The molecule has 0 spiro atoms. The molecule has 3 saturated carbocycles. The van der Waals surface area contributed by atoms with Crippen molar-refractivity contribution >= 4 is 36.7 Å². The Morgan fingerprint density at radius 2 is 1.60 bits per heavy atom. The van der Waals surface area contributed by atoms with E-state index >= 15 is 0 Å². The zero-order valence-electron chi connectivity index (χ0n) is 32.9. The van der Waals surface area contributed by atoms with E-state index in [4.69, 9.17) is 15.0 Å². The van der Waals surface area contributed by atoms with Gasteiger partial charge in [0.2, 0.25) is 11.8 Å². The highest BCUT2D eigenvalue weighted by Crippen LogP contribution is 2.65. The first-order chi connectivity index (χ1) is 25.3. The van der Waals surface area contributed by atoms with Gasteiger partial charge in [-0.15, -0.1) is 0 Å². The molecule has 2 heterocycles. The second-order valence-electron chi connectivity index (χ2n) is 16.9. The smallest absolute Gasteiger partial charge is 0.404 e. The van der Waals surface area contributed by atoms with Crippen LogP contribution in [0, 0.1) is 23.2 Å². The number of nitrogens with zero attached hydrogens (tertiary/aromatic N) is 2. The van der Waals surface area contributed by atoms with E-state index < -0.39 is 13.2 Å². The van der Waals surface area contributed by atoms with Gasteiger partial charge in [-0.2, -0.15) is 0 Å². The minimum Gasteiger partial charge on any atom is -0.404 e. The van der Waals surface area contributed by atoms with E-state index in [1.165, 1.54) is 4.90 Å². The number of hydrogen-bond donors (Lipinski definition) is 4. The Morgan fingerprint density at radius 3 is 2.23 bits per heavy atom. The number of nitrogens with one attached hydrogen (secondary N) is 3. The quantitative estimate of drug-likeness (QED) is 0.0478. The van der Waals surface area contributed by atoms with Gasteiger partial charge in [0.1, 0.15) is 6.04 Å². The summed E-state index contributed by atoms with van der Waals surface area (Å²) < 4.78 is 13.3. The van der Waals surface area contributed by atoms with Gasteiger partial charge in [-0.05, 0) is 87.2 Å². The van der Waals surface area contributed by atoms with Gasteiger partial charge >= 0.3 is 7.12 Å². The number of aliphatic imine (C=N–C) groups is 1. The summed E-state index contributed by atoms with van der Waals surface area (Å²) in [5.74, 6) is 0.609. The van der Waals surface area contributed by atoms with Crippen molar-refractivity contribution in [3.8, 4) is 0 Å². The molecular weight excluding hydrogens is 671 g/mol. The summed E-state index contributed by atoms with van der Waals surface area (Å²) in [6, 6.07) is 6.28. The Balaban J connectivity index is 1.05. The van der Waals surface area contributed by atoms with Gasteiger partial charge in [0.05, 0.1) is 28.8 Å². The molecule has 0 radical (unpaired) electrons. The number of benzene rings is 1. The van der Waals surface area contributed by atoms with Gasteiger partial charge in [0.15, 0.2) is 5.96 Å². The number of unbranched alkanes of at least 4 members (excludes halogenated alkanes) is 6. The molecule has 4 amide bonds. The lowest BCUT2D eigenvalue weighted by molar-refractivity contribution is -0.199. The van der Waals surface area contributed by atoms with E-state index in [1.807, 2.05) is 0 Å².